The monoisotopic (exact) mass is 566 g/mol. The number of nitrogens with zero attached hydrogens (tertiary/aromatic N) is 2. The van der Waals surface area contributed by atoms with Gasteiger partial charge in [-0.2, -0.15) is 13.2 Å². The molecule has 0 aliphatic carbocycles. The average molecular weight is 567 g/mol. The molecule has 2 aromatic carbocycles. The Hall–Kier alpha value is -3.31. The molecule has 3 amide bonds. The summed E-state index contributed by atoms with van der Waals surface area (Å²) in [5.74, 6) is -1.15. The first-order valence-electron chi connectivity index (χ1n) is 12.7. The number of amides is 3. The Labute approximate surface area is 229 Å². The zero-order valence-corrected chi connectivity index (χ0v) is 21.9. The maximum Gasteiger partial charge on any atom is 0.416 e. The lowest BCUT2D eigenvalue weighted by Crippen LogP contribution is -2.48. The van der Waals surface area contributed by atoms with Gasteiger partial charge in [0.2, 0.25) is 5.91 Å². The predicted octanol–water partition coefficient (Wildman–Crippen LogP) is 4.08. The maximum atomic E-state index is 12.9. The topological polar surface area (TPSA) is 91.0 Å². The van der Waals surface area contributed by atoms with Crippen LogP contribution in [0.15, 0.2) is 48.5 Å². The van der Waals surface area contributed by atoms with E-state index in [0.717, 1.165) is 49.6 Å². The van der Waals surface area contributed by atoms with Crippen LogP contribution in [0.25, 0.3) is 0 Å². The summed E-state index contributed by atoms with van der Waals surface area (Å²) in [7, 11) is 0. The Bertz CT molecular complexity index is 1190. The van der Waals surface area contributed by atoms with Crippen molar-refractivity contribution in [3.05, 3.63) is 70.2 Å². The minimum atomic E-state index is -4.56. The highest BCUT2D eigenvalue weighted by Crippen LogP contribution is 2.29. The van der Waals surface area contributed by atoms with Crippen LogP contribution >= 0.6 is 11.6 Å². The summed E-state index contributed by atoms with van der Waals surface area (Å²) in [6.45, 7) is 2.37. The number of alkyl halides is 3. The van der Waals surface area contributed by atoms with Crippen molar-refractivity contribution in [3.8, 4) is 0 Å². The third kappa shape index (κ3) is 7.86. The van der Waals surface area contributed by atoms with Gasteiger partial charge >= 0.3 is 12.3 Å². The maximum absolute atomic E-state index is 12.9. The molecule has 8 nitrogen and oxygen atoms in total. The fraction of sp³-hybridized carbons (Fsp3) is 0.444. The molecule has 2 saturated heterocycles. The van der Waals surface area contributed by atoms with Crippen molar-refractivity contribution in [3.63, 3.8) is 0 Å². The third-order valence-corrected chi connectivity index (χ3v) is 7.36. The molecule has 0 radical (unpaired) electrons. The lowest BCUT2D eigenvalue weighted by atomic mass is 10.0. The molecule has 4 rings (SSSR count). The van der Waals surface area contributed by atoms with Crippen molar-refractivity contribution in [2.24, 2.45) is 0 Å². The van der Waals surface area contributed by atoms with Gasteiger partial charge in [0.05, 0.1) is 12.1 Å². The molecular formula is C27H30ClF3N4O4. The Morgan fingerprint density at radius 3 is 2.46 bits per heavy atom. The van der Waals surface area contributed by atoms with Crippen LogP contribution in [0.1, 0.15) is 40.7 Å². The minimum Gasteiger partial charge on any atom is -0.444 e. The molecule has 1 unspecified atom stereocenters. The molecule has 0 aromatic heterocycles. The fourth-order valence-electron chi connectivity index (χ4n) is 4.87. The Balaban J connectivity index is 1.15. The third-order valence-electron chi connectivity index (χ3n) is 6.99. The molecule has 2 heterocycles. The van der Waals surface area contributed by atoms with Gasteiger partial charge in [-0.25, -0.2) is 4.79 Å². The fourth-order valence-corrected chi connectivity index (χ4v) is 5.06. The minimum absolute atomic E-state index is 0.0958. The zero-order chi connectivity index (χ0) is 28.0. The second kappa shape index (κ2) is 12.7. The first-order valence-corrected chi connectivity index (χ1v) is 13.1. The van der Waals surface area contributed by atoms with Crippen molar-refractivity contribution in [2.45, 2.75) is 44.1 Å². The highest BCUT2D eigenvalue weighted by atomic mass is 35.5. The summed E-state index contributed by atoms with van der Waals surface area (Å²) >= 11 is 6.11. The lowest BCUT2D eigenvalue weighted by molar-refractivity contribution is -0.137. The Morgan fingerprint density at radius 2 is 1.74 bits per heavy atom. The van der Waals surface area contributed by atoms with Crippen molar-refractivity contribution in [2.75, 3.05) is 32.7 Å². The number of likely N-dealkylation sites (tertiary alicyclic amines) is 2. The van der Waals surface area contributed by atoms with Gasteiger partial charge in [-0.05, 0) is 43.5 Å². The van der Waals surface area contributed by atoms with Gasteiger partial charge in [0.1, 0.15) is 6.61 Å². The van der Waals surface area contributed by atoms with Crippen LogP contribution in [-0.4, -0.2) is 72.5 Å². The van der Waals surface area contributed by atoms with Crippen LogP contribution < -0.4 is 10.6 Å². The number of hydrogen-bond donors (Lipinski definition) is 2. The van der Waals surface area contributed by atoms with Crippen molar-refractivity contribution in [1.82, 2.24) is 20.4 Å². The molecule has 210 valence electrons. The lowest BCUT2D eigenvalue weighted by Gasteiger charge is -2.36. The molecule has 39 heavy (non-hydrogen) atoms. The molecule has 2 aliphatic rings. The van der Waals surface area contributed by atoms with Gasteiger partial charge in [0.25, 0.3) is 5.91 Å². The second-order valence-electron chi connectivity index (χ2n) is 9.67. The van der Waals surface area contributed by atoms with E-state index in [4.69, 9.17) is 16.3 Å². The van der Waals surface area contributed by atoms with E-state index in [1.165, 1.54) is 6.07 Å². The molecule has 12 heteroatoms. The van der Waals surface area contributed by atoms with Gasteiger partial charge in [0, 0.05) is 54.4 Å². The number of piperidine rings is 1. The molecular weight excluding hydrogens is 537 g/mol. The standard InChI is InChI=1S/C27H30ClF3N4O4/c28-23-7-2-1-4-19(23)17-39-26(38)34-12-9-22(10-13-34)35-11-8-21(16-35)33-24(36)15-32-25(37)18-5-3-6-20(14-18)27(29,30)31/h1-7,14,21-22H,8-13,15-17H2,(H,32,37)(H,33,36). The van der Waals surface area contributed by atoms with E-state index in [2.05, 4.69) is 15.5 Å². The number of rotatable bonds is 7. The molecule has 2 fully saturated rings. The number of hydrogen-bond acceptors (Lipinski definition) is 5. The quantitative estimate of drug-likeness (QED) is 0.527. The molecule has 2 aromatic rings. The number of carbonyl (C=O) groups excluding carboxylic acids is 3. The molecule has 2 aliphatic heterocycles. The molecule has 0 bridgehead atoms. The Kier molecular flexibility index (Phi) is 9.34. The number of benzene rings is 2. The van der Waals surface area contributed by atoms with E-state index in [1.807, 2.05) is 18.2 Å². The number of carbonyl (C=O) groups is 3. The first-order chi connectivity index (χ1) is 18.6. The van der Waals surface area contributed by atoms with Gasteiger partial charge in [-0.15, -0.1) is 0 Å². The summed E-state index contributed by atoms with van der Waals surface area (Å²) in [5, 5.41) is 5.81. The molecule has 2 N–H and O–H groups in total. The predicted molar refractivity (Wildman–Crippen MR) is 138 cm³/mol. The van der Waals surface area contributed by atoms with E-state index in [-0.39, 0.29) is 36.9 Å². The summed E-state index contributed by atoms with van der Waals surface area (Å²) < 4.78 is 44.0. The van der Waals surface area contributed by atoms with Gasteiger partial charge in [0.15, 0.2) is 0 Å². The highest BCUT2D eigenvalue weighted by molar-refractivity contribution is 6.31. The first kappa shape index (κ1) is 28.7. The van der Waals surface area contributed by atoms with Crippen molar-refractivity contribution in [1.29, 1.82) is 0 Å². The van der Waals surface area contributed by atoms with Gasteiger partial charge < -0.3 is 20.3 Å². The van der Waals surface area contributed by atoms with E-state index in [0.29, 0.717) is 24.7 Å². The van der Waals surface area contributed by atoms with Gasteiger partial charge in [-0.1, -0.05) is 35.9 Å². The van der Waals surface area contributed by atoms with Crippen LogP contribution in [0.5, 0.6) is 0 Å². The highest BCUT2D eigenvalue weighted by Gasteiger charge is 2.33. The van der Waals surface area contributed by atoms with Crippen LogP contribution in [-0.2, 0) is 22.3 Å². The van der Waals surface area contributed by atoms with E-state index in [9.17, 15) is 27.6 Å². The number of halogens is 4. The number of ether oxygens (including phenoxy) is 1. The summed E-state index contributed by atoms with van der Waals surface area (Å²) in [5.41, 5.74) is -0.336. The van der Waals surface area contributed by atoms with Crippen LogP contribution in [0.3, 0.4) is 0 Å². The molecule has 0 saturated carbocycles. The van der Waals surface area contributed by atoms with Crippen molar-refractivity contribution < 1.29 is 32.3 Å². The number of nitrogens with one attached hydrogen (secondary N) is 2. The molecule has 0 spiro atoms. The SMILES string of the molecule is O=C(CNC(=O)c1cccc(C(F)(F)F)c1)NC1CCN(C2CCN(C(=O)OCc3ccccc3Cl)CC2)C1. The smallest absolute Gasteiger partial charge is 0.416 e. The summed E-state index contributed by atoms with van der Waals surface area (Å²) in [6, 6.07) is 11.5. The van der Waals surface area contributed by atoms with Crippen molar-refractivity contribution >= 4 is 29.5 Å². The van der Waals surface area contributed by atoms with Crippen LogP contribution in [0.4, 0.5) is 18.0 Å². The Morgan fingerprint density at radius 1 is 1.00 bits per heavy atom. The normalized spacial score (nSPS) is 18.6. The van der Waals surface area contributed by atoms with E-state index < -0.39 is 23.6 Å². The van der Waals surface area contributed by atoms with E-state index in [1.54, 1.807) is 11.0 Å². The summed E-state index contributed by atoms with van der Waals surface area (Å²) in [4.78, 5) is 41.0. The van der Waals surface area contributed by atoms with Gasteiger partial charge in [-0.3, -0.25) is 14.5 Å². The second-order valence-corrected chi connectivity index (χ2v) is 10.1. The average Bonchev–Trinajstić information content (AvgIpc) is 3.39. The largest absolute Gasteiger partial charge is 0.444 e. The van der Waals surface area contributed by atoms with Crippen LogP contribution in [0.2, 0.25) is 5.02 Å². The summed E-state index contributed by atoms with van der Waals surface area (Å²) in [6.07, 6.45) is -2.61. The van der Waals surface area contributed by atoms with Crippen LogP contribution in [0, 0.1) is 0 Å². The van der Waals surface area contributed by atoms with E-state index >= 15 is 0 Å². The zero-order valence-electron chi connectivity index (χ0n) is 21.2. The molecule has 1 atom stereocenters.